The molecule has 0 aromatic carbocycles. The smallest absolute Gasteiger partial charge is 0.329 e. The molecule has 1 N–H and O–H groups in total. The molecule has 2 rings (SSSR count). The van der Waals surface area contributed by atoms with Crippen molar-refractivity contribution < 1.29 is 14.3 Å². The average Bonchev–Trinajstić information content (AvgIpc) is 2.70. The summed E-state index contributed by atoms with van der Waals surface area (Å²) in [4.78, 5) is 23.7. The molecular weight excluding hydrogens is 218 g/mol. The second kappa shape index (κ2) is 4.00. The average molecular weight is 239 g/mol. The number of ether oxygens (including phenoxy) is 1. The number of hydrogen-bond acceptors (Lipinski definition) is 3. The number of rotatable bonds is 2. The molecule has 17 heavy (non-hydrogen) atoms. The summed E-state index contributed by atoms with van der Waals surface area (Å²) in [6.45, 7) is 6.47. The molecule has 0 aromatic heterocycles. The van der Waals surface area contributed by atoms with E-state index >= 15 is 0 Å². The first-order valence-corrected chi connectivity index (χ1v) is 6.39. The second-order valence-electron chi connectivity index (χ2n) is 5.82. The maximum Gasteiger partial charge on any atom is 0.329 e. The quantitative estimate of drug-likeness (QED) is 0.745. The number of nitrogens with one attached hydrogen (secondary N) is 1. The van der Waals surface area contributed by atoms with E-state index in [2.05, 4.69) is 19.2 Å². The van der Waals surface area contributed by atoms with Crippen LogP contribution in [0.1, 0.15) is 46.5 Å². The predicted molar refractivity (Wildman–Crippen MR) is 63.2 cm³/mol. The molecule has 1 aliphatic heterocycles. The van der Waals surface area contributed by atoms with Gasteiger partial charge in [-0.1, -0.05) is 20.3 Å². The van der Waals surface area contributed by atoms with Crippen LogP contribution in [-0.2, 0) is 14.3 Å². The van der Waals surface area contributed by atoms with Crippen LogP contribution in [0.25, 0.3) is 0 Å². The number of carbonyl (C=O) groups excluding carboxylic acids is 2. The van der Waals surface area contributed by atoms with Crippen molar-refractivity contribution in [2.45, 2.75) is 52.5 Å². The highest BCUT2D eigenvalue weighted by Crippen LogP contribution is 2.58. The summed E-state index contributed by atoms with van der Waals surface area (Å²) in [6, 6.07) is -0.451. The maximum absolute atomic E-state index is 12.0. The van der Waals surface area contributed by atoms with Gasteiger partial charge in [-0.25, -0.2) is 4.79 Å². The molecule has 1 heterocycles. The first-order valence-electron chi connectivity index (χ1n) is 6.39. The molecule has 1 spiro atoms. The first-order chi connectivity index (χ1) is 7.93. The van der Waals surface area contributed by atoms with Crippen molar-refractivity contribution in [2.75, 3.05) is 6.61 Å². The minimum absolute atomic E-state index is 0.0157. The third-order valence-corrected chi connectivity index (χ3v) is 4.63. The van der Waals surface area contributed by atoms with E-state index in [0.717, 1.165) is 19.3 Å². The number of amides is 1. The highest BCUT2D eigenvalue weighted by molar-refractivity contribution is 5.90. The lowest BCUT2D eigenvalue weighted by Crippen LogP contribution is -2.49. The molecule has 1 saturated carbocycles. The van der Waals surface area contributed by atoms with Crippen LogP contribution in [0.3, 0.4) is 0 Å². The summed E-state index contributed by atoms with van der Waals surface area (Å²) in [6.07, 6.45) is 3.54. The Bertz CT molecular complexity index is 351. The predicted octanol–water partition coefficient (Wildman–Crippen LogP) is 1.63. The normalized spacial score (nSPS) is 35.0. The van der Waals surface area contributed by atoms with Crippen LogP contribution in [-0.4, -0.2) is 24.5 Å². The molecule has 0 aromatic rings. The molecule has 0 bridgehead atoms. The van der Waals surface area contributed by atoms with Crippen molar-refractivity contribution in [3.8, 4) is 0 Å². The standard InChI is InChI=1S/C13H21NO3/c1-4-17-11(16)10-13(8-9(15)14-10)7-5-6-12(13,2)3/h10H,4-8H2,1-3H3,(H,14,15). The largest absolute Gasteiger partial charge is 0.464 e. The van der Waals surface area contributed by atoms with Crippen molar-refractivity contribution in [3.05, 3.63) is 0 Å². The van der Waals surface area contributed by atoms with Gasteiger partial charge in [0, 0.05) is 11.8 Å². The SMILES string of the molecule is CCOC(=O)C1NC(=O)CC12CCCC2(C)C. The Balaban J connectivity index is 2.31. The fourth-order valence-corrected chi connectivity index (χ4v) is 3.54. The molecule has 1 amide bonds. The number of carbonyl (C=O) groups is 2. The van der Waals surface area contributed by atoms with E-state index < -0.39 is 6.04 Å². The lowest BCUT2D eigenvalue weighted by molar-refractivity contribution is -0.150. The summed E-state index contributed by atoms with van der Waals surface area (Å²) in [5, 5.41) is 2.81. The van der Waals surface area contributed by atoms with Crippen LogP contribution < -0.4 is 5.32 Å². The van der Waals surface area contributed by atoms with Crippen LogP contribution >= 0.6 is 0 Å². The molecule has 96 valence electrons. The van der Waals surface area contributed by atoms with Gasteiger partial charge in [-0.2, -0.15) is 0 Å². The molecule has 2 aliphatic rings. The van der Waals surface area contributed by atoms with E-state index in [0.29, 0.717) is 13.0 Å². The van der Waals surface area contributed by atoms with E-state index in [1.165, 1.54) is 0 Å². The van der Waals surface area contributed by atoms with Crippen LogP contribution in [0.5, 0.6) is 0 Å². The maximum atomic E-state index is 12.0. The highest BCUT2D eigenvalue weighted by atomic mass is 16.5. The Labute approximate surface area is 102 Å². The van der Waals surface area contributed by atoms with Crippen molar-refractivity contribution in [2.24, 2.45) is 10.8 Å². The van der Waals surface area contributed by atoms with Gasteiger partial charge < -0.3 is 10.1 Å². The minimum atomic E-state index is -0.451. The number of hydrogen-bond donors (Lipinski definition) is 1. The fourth-order valence-electron chi connectivity index (χ4n) is 3.54. The third-order valence-electron chi connectivity index (χ3n) is 4.63. The van der Waals surface area contributed by atoms with Crippen LogP contribution in [0.2, 0.25) is 0 Å². The molecule has 2 atom stereocenters. The molecular formula is C13H21NO3. The Morgan fingerprint density at radius 2 is 2.18 bits per heavy atom. The topological polar surface area (TPSA) is 55.4 Å². The molecule has 2 fully saturated rings. The lowest BCUT2D eigenvalue weighted by Gasteiger charge is -2.40. The fraction of sp³-hybridized carbons (Fsp3) is 0.846. The molecule has 2 unspecified atom stereocenters. The van der Waals surface area contributed by atoms with Crippen molar-refractivity contribution in [1.82, 2.24) is 5.32 Å². The summed E-state index contributed by atoms with van der Waals surface area (Å²) in [5.41, 5.74) is -0.222. The van der Waals surface area contributed by atoms with Crippen molar-refractivity contribution >= 4 is 11.9 Å². The Kier molecular flexibility index (Phi) is 2.92. The van der Waals surface area contributed by atoms with Gasteiger partial charge in [0.15, 0.2) is 0 Å². The third kappa shape index (κ3) is 1.74. The summed E-state index contributed by atoms with van der Waals surface area (Å²) in [7, 11) is 0. The van der Waals surface area contributed by atoms with Gasteiger partial charge in [0.2, 0.25) is 5.91 Å². The molecule has 4 heteroatoms. The van der Waals surface area contributed by atoms with Crippen LogP contribution in [0.4, 0.5) is 0 Å². The van der Waals surface area contributed by atoms with E-state index in [1.807, 2.05) is 0 Å². The van der Waals surface area contributed by atoms with Gasteiger partial charge in [-0.3, -0.25) is 4.79 Å². The summed E-state index contributed by atoms with van der Waals surface area (Å²) in [5.74, 6) is -0.286. The van der Waals surface area contributed by atoms with Gasteiger partial charge in [-0.05, 0) is 25.2 Å². The monoisotopic (exact) mass is 239 g/mol. The van der Waals surface area contributed by atoms with Gasteiger partial charge in [0.05, 0.1) is 6.61 Å². The van der Waals surface area contributed by atoms with Gasteiger partial charge in [0.1, 0.15) is 6.04 Å². The van der Waals surface area contributed by atoms with E-state index in [1.54, 1.807) is 6.92 Å². The molecule has 4 nitrogen and oxygen atoms in total. The Morgan fingerprint density at radius 1 is 1.47 bits per heavy atom. The number of esters is 1. The summed E-state index contributed by atoms with van der Waals surface area (Å²) >= 11 is 0. The lowest BCUT2D eigenvalue weighted by atomic mass is 9.63. The van der Waals surface area contributed by atoms with Gasteiger partial charge in [0.25, 0.3) is 0 Å². The summed E-state index contributed by atoms with van der Waals surface area (Å²) < 4.78 is 5.10. The van der Waals surface area contributed by atoms with Crippen LogP contribution in [0, 0.1) is 10.8 Å². The Morgan fingerprint density at radius 3 is 2.71 bits per heavy atom. The van der Waals surface area contributed by atoms with E-state index in [4.69, 9.17) is 4.74 Å². The van der Waals surface area contributed by atoms with Crippen molar-refractivity contribution in [3.63, 3.8) is 0 Å². The van der Waals surface area contributed by atoms with Crippen molar-refractivity contribution in [1.29, 1.82) is 0 Å². The Hall–Kier alpha value is -1.06. The van der Waals surface area contributed by atoms with E-state index in [9.17, 15) is 9.59 Å². The molecule has 1 aliphatic carbocycles. The van der Waals surface area contributed by atoms with Crippen LogP contribution in [0.15, 0.2) is 0 Å². The zero-order chi connectivity index (χ0) is 12.7. The van der Waals surface area contributed by atoms with E-state index in [-0.39, 0.29) is 22.7 Å². The zero-order valence-electron chi connectivity index (χ0n) is 10.8. The minimum Gasteiger partial charge on any atom is -0.464 e. The molecule has 0 radical (unpaired) electrons. The second-order valence-corrected chi connectivity index (χ2v) is 5.82. The van der Waals surface area contributed by atoms with Gasteiger partial charge >= 0.3 is 5.97 Å². The first kappa shape index (κ1) is 12.4. The zero-order valence-corrected chi connectivity index (χ0v) is 10.8. The van der Waals surface area contributed by atoms with Gasteiger partial charge in [-0.15, -0.1) is 0 Å². The molecule has 1 saturated heterocycles. The highest BCUT2D eigenvalue weighted by Gasteiger charge is 2.60.